The van der Waals surface area contributed by atoms with Crippen molar-refractivity contribution < 1.29 is 22.0 Å². The molecule has 0 spiro atoms. The molecule has 2 fully saturated rings. The Balaban J connectivity index is 1.38. The Morgan fingerprint density at radius 3 is 2.56 bits per heavy atom. The Bertz CT molecular complexity index is 1320. The van der Waals surface area contributed by atoms with Gasteiger partial charge in [-0.2, -0.15) is 0 Å². The van der Waals surface area contributed by atoms with Gasteiger partial charge in [-0.25, -0.2) is 31.1 Å². The van der Waals surface area contributed by atoms with Crippen LogP contribution in [0.15, 0.2) is 36.6 Å². The summed E-state index contributed by atoms with van der Waals surface area (Å²) in [5.74, 6) is -0.397. The van der Waals surface area contributed by atoms with Crippen LogP contribution in [0.3, 0.4) is 0 Å². The highest BCUT2D eigenvalue weighted by Gasteiger charge is 2.44. The quantitative estimate of drug-likeness (QED) is 0.525. The number of sulfonamides is 1. The summed E-state index contributed by atoms with van der Waals surface area (Å²) < 4.78 is 49.8. The molecule has 11 nitrogen and oxygen atoms in total. The third-order valence-corrected chi connectivity index (χ3v) is 7.84. The molecule has 0 amide bonds. The molecule has 170 valence electrons. The van der Waals surface area contributed by atoms with Crippen molar-refractivity contribution in [2.45, 2.75) is 18.9 Å². The van der Waals surface area contributed by atoms with Gasteiger partial charge in [0.2, 0.25) is 21.7 Å². The standard InChI is InChI=1S/C18H18BrFN6O5S/c1-32(28,29)25-7-9-4-11(5-10(9)8-25)21-16-15(22-31-23-16)17-24-30-18(27)26(17)12-2-3-14(20)13(19)6-12/h2-3,6,9-11H,4-5,7-8H2,1H3,(H,21,23). The lowest BCUT2D eigenvalue weighted by molar-refractivity contribution is 0.309. The van der Waals surface area contributed by atoms with E-state index in [0.717, 1.165) is 17.4 Å². The minimum absolute atomic E-state index is 0.0319. The molecule has 1 aliphatic heterocycles. The molecule has 14 heteroatoms. The summed E-state index contributed by atoms with van der Waals surface area (Å²) in [6, 6.07) is 4.07. The van der Waals surface area contributed by atoms with Crippen molar-refractivity contribution in [1.82, 2.24) is 24.3 Å². The van der Waals surface area contributed by atoms with E-state index in [1.165, 1.54) is 28.8 Å². The molecule has 1 N–H and O–H groups in total. The molecule has 2 atom stereocenters. The summed E-state index contributed by atoms with van der Waals surface area (Å²) in [5, 5.41) is 14.9. The maximum absolute atomic E-state index is 13.6. The molecule has 3 aromatic rings. The Morgan fingerprint density at radius 2 is 1.91 bits per heavy atom. The number of benzene rings is 1. The fourth-order valence-corrected chi connectivity index (χ4v) is 5.81. The normalized spacial score (nSPS) is 23.5. The van der Waals surface area contributed by atoms with E-state index >= 15 is 0 Å². The van der Waals surface area contributed by atoms with Crippen molar-refractivity contribution in [3.63, 3.8) is 0 Å². The Labute approximate surface area is 189 Å². The van der Waals surface area contributed by atoms with Gasteiger partial charge in [0.05, 0.1) is 16.4 Å². The number of hydrogen-bond acceptors (Lipinski definition) is 9. The van der Waals surface area contributed by atoms with Gasteiger partial charge in [0.15, 0.2) is 5.69 Å². The average molecular weight is 529 g/mol. The Kier molecular flexibility index (Phi) is 5.17. The number of fused-ring (bicyclic) bond motifs is 1. The second-order valence-corrected chi connectivity index (χ2v) is 10.9. The molecule has 1 saturated heterocycles. The minimum Gasteiger partial charge on any atom is -0.362 e. The average Bonchev–Trinajstić information content (AvgIpc) is 3.47. The van der Waals surface area contributed by atoms with Gasteiger partial charge in [-0.05, 0) is 69.1 Å². The number of nitrogens with zero attached hydrogens (tertiary/aromatic N) is 5. The van der Waals surface area contributed by atoms with Crippen molar-refractivity contribution >= 4 is 31.8 Å². The fraction of sp³-hybridized carbons (Fsp3) is 0.444. The van der Waals surface area contributed by atoms with E-state index in [9.17, 15) is 17.6 Å². The maximum Gasteiger partial charge on any atom is 0.446 e. The van der Waals surface area contributed by atoms with E-state index in [0.29, 0.717) is 18.8 Å². The van der Waals surface area contributed by atoms with Crippen molar-refractivity contribution in [3.8, 4) is 17.2 Å². The second kappa shape index (κ2) is 7.78. The maximum atomic E-state index is 13.6. The van der Waals surface area contributed by atoms with Gasteiger partial charge in [-0.15, -0.1) is 0 Å². The number of nitrogens with one attached hydrogen (secondary N) is 1. The third kappa shape index (κ3) is 3.75. The largest absolute Gasteiger partial charge is 0.446 e. The fourth-order valence-electron chi connectivity index (χ4n) is 4.52. The molecule has 1 saturated carbocycles. The van der Waals surface area contributed by atoms with Crippen LogP contribution < -0.4 is 11.1 Å². The lowest BCUT2D eigenvalue weighted by atomic mass is 10.0. The van der Waals surface area contributed by atoms with E-state index in [-0.39, 0.29) is 39.7 Å². The summed E-state index contributed by atoms with van der Waals surface area (Å²) in [5.41, 5.74) is 0.496. The summed E-state index contributed by atoms with van der Waals surface area (Å²) in [4.78, 5) is 12.3. The van der Waals surface area contributed by atoms with Crippen molar-refractivity contribution in [2.24, 2.45) is 11.8 Å². The molecule has 2 aromatic heterocycles. The summed E-state index contributed by atoms with van der Waals surface area (Å²) in [7, 11) is -3.19. The molecular weight excluding hydrogens is 511 g/mol. The van der Waals surface area contributed by atoms with Gasteiger partial charge >= 0.3 is 5.76 Å². The van der Waals surface area contributed by atoms with Crippen LogP contribution in [0, 0.1) is 17.7 Å². The van der Waals surface area contributed by atoms with Crippen LogP contribution in [0.1, 0.15) is 12.8 Å². The molecule has 1 aliphatic carbocycles. The highest BCUT2D eigenvalue weighted by atomic mass is 79.9. The van der Waals surface area contributed by atoms with E-state index in [4.69, 9.17) is 9.15 Å². The summed E-state index contributed by atoms with van der Waals surface area (Å²) >= 11 is 3.10. The molecule has 5 rings (SSSR count). The molecule has 0 radical (unpaired) electrons. The lowest BCUT2D eigenvalue weighted by Crippen LogP contribution is -2.30. The van der Waals surface area contributed by atoms with Crippen molar-refractivity contribution in [3.05, 3.63) is 39.0 Å². The smallest absolute Gasteiger partial charge is 0.362 e. The van der Waals surface area contributed by atoms with Crippen LogP contribution in [-0.4, -0.2) is 58.1 Å². The van der Waals surface area contributed by atoms with Gasteiger partial charge in [-0.3, -0.25) is 4.52 Å². The van der Waals surface area contributed by atoms with Gasteiger partial charge in [-0.1, -0.05) is 5.16 Å². The van der Waals surface area contributed by atoms with Gasteiger partial charge in [0, 0.05) is 19.1 Å². The van der Waals surface area contributed by atoms with Gasteiger partial charge < -0.3 is 5.32 Å². The number of rotatable bonds is 5. The molecule has 2 aliphatic rings. The Morgan fingerprint density at radius 1 is 1.19 bits per heavy atom. The number of hydrogen-bond donors (Lipinski definition) is 1. The van der Waals surface area contributed by atoms with E-state index in [1.54, 1.807) is 0 Å². The van der Waals surface area contributed by atoms with E-state index < -0.39 is 21.6 Å². The van der Waals surface area contributed by atoms with E-state index in [1.807, 2.05) is 0 Å². The molecular formula is C18H18BrFN6O5S. The van der Waals surface area contributed by atoms with Crippen LogP contribution in [0.2, 0.25) is 0 Å². The van der Waals surface area contributed by atoms with Crippen LogP contribution in [0.4, 0.5) is 10.2 Å². The highest BCUT2D eigenvalue weighted by Crippen LogP contribution is 2.40. The Hall–Kier alpha value is -2.58. The molecule has 2 unspecified atom stereocenters. The topological polar surface area (TPSA) is 136 Å². The minimum atomic E-state index is -3.19. The lowest BCUT2D eigenvalue weighted by Gasteiger charge is -2.17. The van der Waals surface area contributed by atoms with Crippen molar-refractivity contribution in [2.75, 3.05) is 24.7 Å². The third-order valence-electron chi connectivity index (χ3n) is 5.99. The monoisotopic (exact) mass is 528 g/mol. The van der Waals surface area contributed by atoms with Gasteiger partial charge in [0.25, 0.3) is 0 Å². The second-order valence-electron chi connectivity index (χ2n) is 8.08. The summed E-state index contributed by atoms with van der Waals surface area (Å²) in [6.45, 7) is 1.02. The highest BCUT2D eigenvalue weighted by molar-refractivity contribution is 9.10. The summed E-state index contributed by atoms with van der Waals surface area (Å²) in [6.07, 6.45) is 2.76. The predicted octanol–water partition coefficient (Wildman–Crippen LogP) is 1.86. The van der Waals surface area contributed by atoms with Crippen molar-refractivity contribution in [1.29, 1.82) is 0 Å². The molecule has 32 heavy (non-hydrogen) atoms. The first kappa shape index (κ1) is 21.3. The molecule has 3 heterocycles. The molecule has 0 bridgehead atoms. The first-order valence-corrected chi connectivity index (χ1v) is 12.4. The number of halogens is 2. The van der Waals surface area contributed by atoms with Crippen LogP contribution >= 0.6 is 15.9 Å². The van der Waals surface area contributed by atoms with E-state index in [2.05, 4.69) is 36.7 Å². The zero-order valence-corrected chi connectivity index (χ0v) is 19.1. The zero-order chi connectivity index (χ0) is 22.6. The number of aromatic nitrogens is 4. The van der Waals surface area contributed by atoms with Crippen LogP contribution in [0.5, 0.6) is 0 Å². The van der Waals surface area contributed by atoms with Crippen LogP contribution in [-0.2, 0) is 10.0 Å². The van der Waals surface area contributed by atoms with Crippen LogP contribution in [0.25, 0.3) is 17.2 Å². The predicted molar refractivity (Wildman–Crippen MR) is 113 cm³/mol. The SMILES string of the molecule is CS(=O)(=O)N1CC2CC(Nc3nonc3-c3noc(=O)n3-c3ccc(F)c(Br)c3)CC2C1. The molecule has 1 aromatic carbocycles. The number of anilines is 1. The van der Waals surface area contributed by atoms with Gasteiger partial charge in [0.1, 0.15) is 5.82 Å². The zero-order valence-electron chi connectivity index (χ0n) is 16.7. The first-order chi connectivity index (χ1) is 15.2. The first-order valence-electron chi connectivity index (χ1n) is 9.79.